The molecule has 1 aromatic carbocycles. The maximum Gasteiger partial charge on any atom is 0.269 e. The first-order valence-electron chi connectivity index (χ1n) is 4.67. The number of hydrogen-bond donors (Lipinski definition) is 1. The van der Waals surface area contributed by atoms with Gasteiger partial charge in [0.05, 0.1) is 5.69 Å². The van der Waals surface area contributed by atoms with Crippen LogP contribution in [0.2, 0.25) is 5.02 Å². The fourth-order valence-corrected chi connectivity index (χ4v) is 1.61. The molecule has 2 rings (SSSR count). The molecule has 0 amide bonds. The van der Waals surface area contributed by atoms with E-state index in [1.807, 2.05) is 0 Å². The molecule has 0 saturated heterocycles. The quantitative estimate of drug-likeness (QED) is 0.816. The topological polar surface area (TPSA) is 54.9 Å². The fraction of sp³-hybridized carbons (Fsp3) is 0.0909. The van der Waals surface area contributed by atoms with Crippen molar-refractivity contribution in [2.24, 2.45) is 0 Å². The highest BCUT2D eigenvalue weighted by Gasteiger charge is 2.06. The number of hydrogen-bond acceptors (Lipinski definition) is 2. The summed E-state index contributed by atoms with van der Waals surface area (Å²) < 4.78 is 1.18. The second kappa shape index (κ2) is 3.98. The van der Waals surface area contributed by atoms with Crippen LogP contribution in [0.1, 0.15) is 5.56 Å². The van der Waals surface area contributed by atoms with Gasteiger partial charge in [-0.3, -0.25) is 14.7 Å². The molecule has 0 aliphatic heterocycles. The van der Waals surface area contributed by atoms with Crippen molar-refractivity contribution in [1.82, 2.24) is 9.78 Å². The summed E-state index contributed by atoms with van der Waals surface area (Å²) in [4.78, 5) is 22.7. The molecular weight excluding hydrogens is 228 g/mol. The van der Waals surface area contributed by atoms with Crippen LogP contribution in [0.25, 0.3) is 5.69 Å². The standard InChI is InChI=1S/C11H9ClN2O2/c1-7-8(12)3-2-4-9(7)14-11(16)6-5-10(15)13-14/h2-6H,1H3,(H,13,15). The Kier molecular flexibility index (Phi) is 2.66. The summed E-state index contributed by atoms with van der Waals surface area (Å²) in [5.41, 5.74) is 0.687. The Morgan fingerprint density at radius 3 is 2.69 bits per heavy atom. The Hall–Kier alpha value is -1.81. The van der Waals surface area contributed by atoms with Gasteiger partial charge in [0.15, 0.2) is 0 Å². The van der Waals surface area contributed by atoms with E-state index in [1.165, 1.54) is 16.8 Å². The third-order valence-corrected chi connectivity index (χ3v) is 2.71. The molecular formula is C11H9ClN2O2. The zero-order chi connectivity index (χ0) is 11.7. The lowest BCUT2D eigenvalue weighted by molar-refractivity contribution is 0.781. The van der Waals surface area contributed by atoms with Gasteiger partial charge in [0.1, 0.15) is 0 Å². The van der Waals surface area contributed by atoms with Crippen molar-refractivity contribution in [3.63, 3.8) is 0 Å². The zero-order valence-electron chi connectivity index (χ0n) is 8.53. The molecule has 16 heavy (non-hydrogen) atoms. The maximum absolute atomic E-state index is 11.6. The van der Waals surface area contributed by atoms with Crippen LogP contribution in [0.3, 0.4) is 0 Å². The minimum atomic E-state index is -0.334. The molecule has 0 unspecified atom stereocenters. The van der Waals surface area contributed by atoms with Crippen LogP contribution in [-0.4, -0.2) is 9.78 Å². The third-order valence-electron chi connectivity index (χ3n) is 2.30. The minimum absolute atomic E-state index is 0.301. The molecule has 0 aliphatic rings. The van der Waals surface area contributed by atoms with Crippen molar-refractivity contribution in [3.05, 3.63) is 61.6 Å². The van der Waals surface area contributed by atoms with E-state index in [9.17, 15) is 9.59 Å². The van der Waals surface area contributed by atoms with Crippen LogP contribution < -0.4 is 11.1 Å². The summed E-state index contributed by atoms with van der Waals surface area (Å²) in [6, 6.07) is 7.59. The van der Waals surface area contributed by atoms with Gasteiger partial charge < -0.3 is 0 Å². The Morgan fingerprint density at radius 1 is 1.19 bits per heavy atom. The van der Waals surface area contributed by atoms with Gasteiger partial charge in [-0.15, -0.1) is 0 Å². The van der Waals surface area contributed by atoms with Crippen LogP contribution in [0.5, 0.6) is 0 Å². The first-order chi connectivity index (χ1) is 7.59. The highest BCUT2D eigenvalue weighted by atomic mass is 35.5. The van der Waals surface area contributed by atoms with E-state index in [0.29, 0.717) is 10.7 Å². The molecule has 2 aromatic rings. The SMILES string of the molecule is Cc1c(Cl)cccc1-n1[nH]c(=O)ccc1=O. The first kappa shape index (κ1) is 10.7. The van der Waals surface area contributed by atoms with E-state index in [2.05, 4.69) is 5.10 Å². The van der Waals surface area contributed by atoms with E-state index < -0.39 is 0 Å². The van der Waals surface area contributed by atoms with Crippen molar-refractivity contribution in [2.45, 2.75) is 6.92 Å². The van der Waals surface area contributed by atoms with E-state index in [4.69, 9.17) is 11.6 Å². The maximum atomic E-state index is 11.6. The second-order valence-corrected chi connectivity index (χ2v) is 3.77. The van der Waals surface area contributed by atoms with Crippen LogP contribution in [-0.2, 0) is 0 Å². The van der Waals surface area contributed by atoms with Gasteiger partial charge >= 0.3 is 0 Å². The number of nitrogens with zero attached hydrogens (tertiary/aromatic N) is 1. The molecule has 0 bridgehead atoms. The summed E-state index contributed by atoms with van der Waals surface area (Å²) in [7, 11) is 0. The zero-order valence-corrected chi connectivity index (χ0v) is 9.28. The van der Waals surface area contributed by atoms with Gasteiger partial charge in [-0.25, -0.2) is 4.68 Å². The number of H-pyrrole nitrogens is 1. The summed E-state index contributed by atoms with van der Waals surface area (Å²) in [5, 5.41) is 3.00. The number of benzene rings is 1. The molecule has 0 aliphatic carbocycles. The number of aromatic amines is 1. The van der Waals surface area contributed by atoms with Crippen LogP contribution in [0, 0.1) is 6.92 Å². The van der Waals surface area contributed by atoms with Crippen molar-refractivity contribution < 1.29 is 0 Å². The molecule has 0 spiro atoms. The molecule has 0 atom stereocenters. The summed E-state index contributed by atoms with van der Waals surface area (Å²) in [6.07, 6.45) is 0. The molecule has 4 nitrogen and oxygen atoms in total. The Labute approximate surface area is 96.1 Å². The molecule has 1 aromatic heterocycles. The summed E-state index contributed by atoms with van der Waals surface area (Å²) >= 11 is 5.95. The second-order valence-electron chi connectivity index (χ2n) is 3.37. The van der Waals surface area contributed by atoms with Gasteiger partial charge in [0.2, 0.25) is 0 Å². The van der Waals surface area contributed by atoms with E-state index >= 15 is 0 Å². The number of aromatic nitrogens is 2. The molecule has 0 saturated carbocycles. The van der Waals surface area contributed by atoms with Gasteiger partial charge in [-0.1, -0.05) is 17.7 Å². The lowest BCUT2D eigenvalue weighted by atomic mass is 10.2. The predicted molar refractivity (Wildman–Crippen MR) is 62.4 cm³/mol. The average Bonchev–Trinajstić information content (AvgIpc) is 2.26. The normalized spacial score (nSPS) is 10.4. The molecule has 1 N–H and O–H groups in total. The molecule has 5 heteroatoms. The van der Waals surface area contributed by atoms with Crippen LogP contribution in [0.4, 0.5) is 0 Å². The lowest BCUT2D eigenvalue weighted by Gasteiger charge is -2.08. The third kappa shape index (κ3) is 1.79. The van der Waals surface area contributed by atoms with E-state index in [-0.39, 0.29) is 11.1 Å². The van der Waals surface area contributed by atoms with Crippen LogP contribution >= 0.6 is 11.6 Å². The Balaban J connectivity index is 2.77. The minimum Gasteiger partial charge on any atom is -0.268 e. The first-order valence-corrected chi connectivity index (χ1v) is 5.05. The van der Waals surface area contributed by atoms with Crippen molar-refractivity contribution >= 4 is 11.6 Å². The Morgan fingerprint density at radius 2 is 1.94 bits per heavy atom. The number of nitrogens with one attached hydrogen (secondary N) is 1. The fourth-order valence-electron chi connectivity index (χ4n) is 1.44. The van der Waals surface area contributed by atoms with Crippen molar-refractivity contribution in [2.75, 3.05) is 0 Å². The van der Waals surface area contributed by atoms with Gasteiger partial charge in [-0.2, -0.15) is 0 Å². The summed E-state index contributed by atoms with van der Waals surface area (Å²) in [5.74, 6) is 0. The highest BCUT2D eigenvalue weighted by molar-refractivity contribution is 6.31. The molecule has 0 radical (unpaired) electrons. The average molecular weight is 237 g/mol. The largest absolute Gasteiger partial charge is 0.269 e. The summed E-state index contributed by atoms with van der Waals surface area (Å²) in [6.45, 7) is 1.79. The van der Waals surface area contributed by atoms with Crippen molar-refractivity contribution in [1.29, 1.82) is 0 Å². The smallest absolute Gasteiger partial charge is 0.268 e. The number of halogens is 1. The molecule has 1 heterocycles. The molecule has 82 valence electrons. The predicted octanol–water partition coefficient (Wildman–Crippen LogP) is 1.49. The lowest BCUT2D eigenvalue weighted by Crippen LogP contribution is -2.27. The van der Waals surface area contributed by atoms with Gasteiger partial charge in [0.25, 0.3) is 11.1 Å². The van der Waals surface area contributed by atoms with Crippen molar-refractivity contribution in [3.8, 4) is 5.69 Å². The van der Waals surface area contributed by atoms with Gasteiger partial charge in [-0.05, 0) is 24.6 Å². The molecule has 0 fully saturated rings. The number of rotatable bonds is 1. The highest BCUT2D eigenvalue weighted by Crippen LogP contribution is 2.19. The monoisotopic (exact) mass is 236 g/mol. The van der Waals surface area contributed by atoms with Crippen LogP contribution in [0.15, 0.2) is 39.9 Å². The van der Waals surface area contributed by atoms with E-state index in [1.54, 1.807) is 25.1 Å². The van der Waals surface area contributed by atoms with E-state index in [0.717, 1.165) is 5.56 Å². The Bertz CT molecular complexity index is 643. The van der Waals surface area contributed by atoms with Gasteiger partial charge in [0, 0.05) is 17.2 Å².